The van der Waals surface area contributed by atoms with Crippen molar-refractivity contribution in [1.29, 1.82) is 5.26 Å². The lowest BCUT2D eigenvalue weighted by atomic mass is 9.49. The Hall–Kier alpha value is -2.81. The third kappa shape index (κ3) is 3.89. The molecule has 4 nitrogen and oxygen atoms in total. The minimum atomic E-state index is -0.243. The molecule has 6 heteroatoms. The highest BCUT2D eigenvalue weighted by atomic mass is 19.1. The number of amidine groups is 1. The lowest BCUT2D eigenvalue weighted by Gasteiger charge is -2.39. The monoisotopic (exact) mass is 375 g/mol. The molecule has 0 N–H and O–H groups in total. The Morgan fingerprint density at radius 1 is 1.14 bits per heavy atom. The number of hydrogen-bond acceptors (Lipinski definition) is 4. The molecule has 0 saturated carbocycles. The van der Waals surface area contributed by atoms with Crippen molar-refractivity contribution in [2.75, 3.05) is 19.6 Å². The molecule has 2 aromatic rings. The van der Waals surface area contributed by atoms with Gasteiger partial charge in [0.25, 0.3) is 6.02 Å². The number of halogens is 1. The van der Waals surface area contributed by atoms with E-state index in [1.54, 1.807) is 0 Å². The summed E-state index contributed by atoms with van der Waals surface area (Å²) in [4.78, 5) is 6.91. The Morgan fingerprint density at radius 2 is 1.96 bits per heavy atom. The van der Waals surface area contributed by atoms with Gasteiger partial charge in [-0.2, -0.15) is 0 Å². The molecule has 0 radical (unpaired) electrons. The summed E-state index contributed by atoms with van der Waals surface area (Å²) in [5.74, 6) is 2.10. The van der Waals surface area contributed by atoms with E-state index in [0.717, 1.165) is 37.7 Å². The van der Waals surface area contributed by atoms with Crippen LogP contribution < -0.4 is 0 Å². The predicted molar refractivity (Wildman–Crippen MR) is 109 cm³/mol. The van der Waals surface area contributed by atoms with Gasteiger partial charge in [-0.05, 0) is 41.7 Å². The van der Waals surface area contributed by atoms with Gasteiger partial charge in [0.15, 0.2) is 0 Å². The van der Waals surface area contributed by atoms with Crippen molar-refractivity contribution in [2.24, 2.45) is 4.99 Å². The minimum Gasteiger partial charge on any atom is -0.472 e. The quantitative estimate of drug-likeness (QED) is 0.707. The van der Waals surface area contributed by atoms with Crippen molar-refractivity contribution in [1.82, 2.24) is 4.90 Å². The molecule has 0 spiro atoms. The summed E-state index contributed by atoms with van der Waals surface area (Å²) in [6, 6.07) is 15.6. The number of nitrogens with zero attached hydrogens (tertiary/aromatic N) is 3. The molecule has 2 aliphatic heterocycles. The van der Waals surface area contributed by atoms with E-state index in [0.29, 0.717) is 19.1 Å². The van der Waals surface area contributed by atoms with Crippen LogP contribution in [0.5, 0.6) is 0 Å². The molecule has 0 bridgehead atoms. The van der Waals surface area contributed by atoms with Crippen molar-refractivity contribution < 1.29 is 9.13 Å². The number of aliphatic imine (C=N–C) groups is 1. The lowest BCUT2D eigenvalue weighted by molar-refractivity contribution is 0.230. The summed E-state index contributed by atoms with van der Waals surface area (Å²) in [7, 11) is 0. The van der Waals surface area contributed by atoms with E-state index in [1.807, 2.05) is 18.2 Å². The third-order valence-electron chi connectivity index (χ3n) is 5.52. The standard InChI is InChI=1S/C22H23BFN3O/c24-19-9-7-18(8-10-19)21-20-6-2-1-5-17(20)11-14-27(21)22-26-13-4-3-12-23(15-25)16-28-22/h1-2,5-10,21H,3-4,11-14,16H2/t21-/m0/s1. The zero-order chi connectivity index (χ0) is 19.3. The van der Waals surface area contributed by atoms with Crippen LogP contribution in [0.3, 0.4) is 0 Å². The van der Waals surface area contributed by atoms with Crippen molar-refractivity contribution >= 4 is 12.7 Å². The number of rotatable bonds is 1. The minimum absolute atomic E-state index is 0.0782. The summed E-state index contributed by atoms with van der Waals surface area (Å²) in [5, 5.41) is 9.36. The number of benzene rings is 2. The molecule has 0 saturated heterocycles. The number of ether oxygens (including phenoxy) is 1. The molecule has 0 aliphatic carbocycles. The molecule has 0 amide bonds. The van der Waals surface area contributed by atoms with Crippen LogP contribution in [-0.2, 0) is 11.2 Å². The molecule has 0 unspecified atom stereocenters. The van der Waals surface area contributed by atoms with Crippen LogP contribution in [-0.4, -0.2) is 37.2 Å². The van der Waals surface area contributed by atoms with Gasteiger partial charge in [-0.25, -0.2) is 14.6 Å². The van der Waals surface area contributed by atoms with E-state index in [4.69, 9.17) is 9.73 Å². The highest BCUT2D eigenvalue weighted by molar-refractivity contribution is 6.66. The fraction of sp³-hybridized carbons (Fsp3) is 0.364. The average molecular weight is 375 g/mol. The molecular formula is C22H23BFN3O. The first-order valence-electron chi connectivity index (χ1n) is 9.93. The maximum atomic E-state index is 13.5. The largest absolute Gasteiger partial charge is 0.472 e. The first-order valence-corrected chi connectivity index (χ1v) is 9.93. The van der Waals surface area contributed by atoms with Gasteiger partial charge >= 0.3 is 6.71 Å². The Balaban J connectivity index is 1.71. The second kappa shape index (κ2) is 8.47. The molecule has 2 aliphatic rings. The third-order valence-corrected chi connectivity index (χ3v) is 5.52. The molecule has 0 fully saturated rings. The predicted octanol–water partition coefficient (Wildman–Crippen LogP) is 4.04. The normalized spacial score (nSPS) is 20.0. The van der Waals surface area contributed by atoms with E-state index in [1.165, 1.54) is 23.3 Å². The smallest absolute Gasteiger partial charge is 0.309 e. The van der Waals surface area contributed by atoms with Crippen LogP contribution in [0.15, 0.2) is 53.5 Å². The van der Waals surface area contributed by atoms with Gasteiger partial charge in [-0.15, -0.1) is 0 Å². The Morgan fingerprint density at radius 3 is 2.79 bits per heavy atom. The van der Waals surface area contributed by atoms with E-state index < -0.39 is 0 Å². The van der Waals surface area contributed by atoms with Gasteiger partial charge in [0, 0.05) is 19.1 Å². The topological polar surface area (TPSA) is 48.6 Å². The van der Waals surface area contributed by atoms with E-state index in [2.05, 4.69) is 29.1 Å². The molecular weight excluding hydrogens is 352 g/mol. The fourth-order valence-corrected chi connectivity index (χ4v) is 4.03. The highest BCUT2D eigenvalue weighted by Crippen LogP contribution is 2.35. The van der Waals surface area contributed by atoms with Crippen LogP contribution in [0.1, 0.15) is 35.6 Å². The van der Waals surface area contributed by atoms with Crippen LogP contribution in [0.25, 0.3) is 0 Å². The van der Waals surface area contributed by atoms with Gasteiger partial charge in [-0.1, -0.05) is 49.1 Å². The molecule has 1 atom stereocenters. The van der Waals surface area contributed by atoms with Crippen LogP contribution in [0.4, 0.5) is 4.39 Å². The van der Waals surface area contributed by atoms with Gasteiger partial charge in [0.1, 0.15) is 5.82 Å². The second-order valence-corrected chi connectivity index (χ2v) is 7.39. The van der Waals surface area contributed by atoms with E-state index in [-0.39, 0.29) is 18.6 Å². The zero-order valence-electron chi connectivity index (χ0n) is 15.9. The number of fused-ring (bicyclic) bond motifs is 1. The van der Waals surface area contributed by atoms with Gasteiger partial charge < -0.3 is 9.64 Å². The molecule has 2 aromatic carbocycles. The lowest BCUT2D eigenvalue weighted by Crippen LogP contribution is -2.43. The Labute approximate surface area is 165 Å². The first kappa shape index (κ1) is 18.6. The van der Waals surface area contributed by atoms with Crippen molar-refractivity contribution in [3.63, 3.8) is 0 Å². The van der Waals surface area contributed by atoms with Gasteiger partial charge in [-0.3, -0.25) is 0 Å². The number of hydrogen-bond donors (Lipinski definition) is 0. The van der Waals surface area contributed by atoms with Crippen molar-refractivity contribution in [3.8, 4) is 5.97 Å². The van der Waals surface area contributed by atoms with E-state index >= 15 is 0 Å². The van der Waals surface area contributed by atoms with Crippen molar-refractivity contribution in [2.45, 2.75) is 31.6 Å². The summed E-state index contributed by atoms with van der Waals surface area (Å²) >= 11 is 0. The highest BCUT2D eigenvalue weighted by Gasteiger charge is 2.32. The molecule has 142 valence electrons. The summed E-state index contributed by atoms with van der Waals surface area (Å²) in [6.45, 7) is 1.73. The maximum Gasteiger partial charge on any atom is 0.309 e. The van der Waals surface area contributed by atoms with Crippen LogP contribution in [0.2, 0.25) is 6.32 Å². The molecule has 2 heterocycles. The summed E-state index contributed by atoms with van der Waals surface area (Å²) in [6.07, 6.45) is 3.70. The van der Waals surface area contributed by atoms with Gasteiger partial charge in [0.2, 0.25) is 0 Å². The summed E-state index contributed by atoms with van der Waals surface area (Å²) in [5.41, 5.74) is 3.51. The maximum absolute atomic E-state index is 13.5. The van der Waals surface area contributed by atoms with E-state index in [9.17, 15) is 9.65 Å². The Bertz CT molecular complexity index is 893. The molecule has 0 aromatic heterocycles. The molecule has 4 rings (SSSR count). The second-order valence-electron chi connectivity index (χ2n) is 7.39. The molecule has 28 heavy (non-hydrogen) atoms. The average Bonchev–Trinajstić information content (AvgIpc) is 2.85. The first-order chi connectivity index (χ1) is 13.8. The number of nitriles is 1. The van der Waals surface area contributed by atoms with Crippen LogP contribution in [0, 0.1) is 17.0 Å². The zero-order valence-corrected chi connectivity index (χ0v) is 15.9. The van der Waals surface area contributed by atoms with Gasteiger partial charge in [0.05, 0.1) is 12.5 Å². The fourth-order valence-electron chi connectivity index (χ4n) is 4.03. The van der Waals surface area contributed by atoms with Crippen LogP contribution >= 0.6 is 0 Å². The Kier molecular flexibility index (Phi) is 5.61. The SMILES string of the molecule is N#CB1CCCCN=C(N2CCc3ccccc3[C@@H]2c2ccc(F)cc2)OC1. The van der Waals surface area contributed by atoms with Crippen molar-refractivity contribution in [3.05, 3.63) is 71.0 Å². The summed E-state index contributed by atoms with van der Waals surface area (Å²) < 4.78 is 19.6.